The van der Waals surface area contributed by atoms with E-state index in [2.05, 4.69) is 30.1 Å². The van der Waals surface area contributed by atoms with Gasteiger partial charge in [-0.2, -0.15) is 0 Å². The Morgan fingerprint density at radius 1 is 1.00 bits per heavy atom. The van der Waals surface area contributed by atoms with Crippen LogP contribution in [0.4, 0.5) is 4.39 Å². The Morgan fingerprint density at radius 3 is 2.45 bits per heavy atom. The lowest BCUT2D eigenvalue weighted by Crippen LogP contribution is -2.36. The van der Waals surface area contributed by atoms with E-state index in [1.807, 2.05) is 45.9 Å². The second kappa shape index (κ2) is 10.8. The zero-order chi connectivity index (χ0) is 27.0. The number of benzene rings is 2. The molecule has 38 heavy (non-hydrogen) atoms. The van der Waals surface area contributed by atoms with Gasteiger partial charge in [0.05, 0.1) is 5.60 Å². The average Bonchev–Trinajstić information content (AvgIpc) is 3.55. The van der Waals surface area contributed by atoms with Gasteiger partial charge in [-0.3, -0.25) is 0 Å². The number of ether oxygens (including phenoxy) is 1. The van der Waals surface area contributed by atoms with Gasteiger partial charge in [-0.05, 0) is 131 Å². The molecule has 3 aliphatic rings. The van der Waals surface area contributed by atoms with E-state index >= 15 is 0 Å². The smallest absolute Gasteiger partial charge is 0.213 e. The van der Waals surface area contributed by atoms with Gasteiger partial charge in [0, 0.05) is 17.3 Å². The fraction of sp³-hybridized carbons (Fsp3) is 0.500. The highest BCUT2D eigenvalue weighted by Crippen LogP contribution is 2.56. The molecular weight excluding hydrogens is 473 g/mol. The molecule has 2 atom stereocenters. The summed E-state index contributed by atoms with van der Waals surface area (Å²) in [7, 11) is 0. The van der Waals surface area contributed by atoms with Crippen LogP contribution in [0.3, 0.4) is 0 Å². The summed E-state index contributed by atoms with van der Waals surface area (Å²) in [6.45, 7) is 9.88. The highest BCUT2D eigenvalue weighted by atomic mass is 19.1. The van der Waals surface area contributed by atoms with Crippen LogP contribution in [0.2, 0.25) is 0 Å². The van der Waals surface area contributed by atoms with E-state index in [9.17, 15) is 9.50 Å². The van der Waals surface area contributed by atoms with Gasteiger partial charge in [0.1, 0.15) is 11.9 Å². The largest absolute Gasteiger partial charge is 0.474 e. The van der Waals surface area contributed by atoms with E-state index in [1.165, 1.54) is 24.5 Å². The predicted octanol–water partition coefficient (Wildman–Crippen LogP) is 8.12. The Kier molecular flexibility index (Phi) is 7.64. The summed E-state index contributed by atoms with van der Waals surface area (Å²) in [6, 6.07) is 16.1. The number of hydrogen-bond donors (Lipinski definition) is 1. The van der Waals surface area contributed by atoms with Gasteiger partial charge < -0.3 is 9.84 Å². The van der Waals surface area contributed by atoms with Crippen LogP contribution in [0.25, 0.3) is 11.1 Å². The van der Waals surface area contributed by atoms with Crippen molar-refractivity contribution in [1.29, 1.82) is 0 Å². The van der Waals surface area contributed by atoms with Crippen molar-refractivity contribution in [3.8, 4) is 17.0 Å². The summed E-state index contributed by atoms with van der Waals surface area (Å²) in [5, 5.41) is 10.2. The van der Waals surface area contributed by atoms with Crippen LogP contribution in [0.15, 0.2) is 48.5 Å². The molecule has 0 spiro atoms. The molecule has 2 aromatic carbocycles. The monoisotopic (exact) mass is 515 g/mol. The Balaban J connectivity index is 0.000000218. The first kappa shape index (κ1) is 26.9. The first-order chi connectivity index (χ1) is 18.1. The first-order valence-corrected chi connectivity index (χ1v) is 14.4. The SMILES string of the molecule is CCc1cc(-c2ccc(OC3CCC(C(C)(C)O)CC3)nc2C)ccc1F.Cc1ccc2c(c1)CC1CC21. The van der Waals surface area contributed by atoms with Crippen molar-refractivity contribution >= 4 is 0 Å². The Bertz CT molecular complexity index is 1290. The molecule has 1 heterocycles. The maximum atomic E-state index is 13.8. The summed E-state index contributed by atoms with van der Waals surface area (Å²) in [5.74, 6) is 2.81. The van der Waals surface area contributed by atoms with Crippen LogP contribution >= 0.6 is 0 Å². The molecule has 3 aliphatic carbocycles. The predicted molar refractivity (Wildman–Crippen MR) is 152 cm³/mol. The van der Waals surface area contributed by atoms with Gasteiger partial charge in [0.25, 0.3) is 0 Å². The number of rotatable bonds is 5. The molecule has 4 heteroatoms. The third-order valence-corrected chi connectivity index (χ3v) is 8.86. The molecule has 6 rings (SSSR count). The third-order valence-electron chi connectivity index (χ3n) is 8.86. The van der Waals surface area contributed by atoms with E-state index in [1.54, 1.807) is 17.2 Å². The number of hydrogen-bond acceptors (Lipinski definition) is 3. The fourth-order valence-corrected chi connectivity index (χ4v) is 6.39. The Labute approximate surface area is 227 Å². The number of aryl methyl sites for hydroxylation is 3. The highest BCUT2D eigenvalue weighted by molar-refractivity contribution is 5.67. The van der Waals surface area contributed by atoms with Crippen LogP contribution in [0.1, 0.15) is 86.7 Å². The normalized spacial score (nSPS) is 23.7. The van der Waals surface area contributed by atoms with Crippen molar-refractivity contribution in [1.82, 2.24) is 4.98 Å². The van der Waals surface area contributed by atoms with Gasteiger partial charge in [0.2, 0.25) is 5.88 Å². The molecule has 0 amide bonds. The van der Waals surface area contributed by atoms with E-state index in [0.29, 0.717) is 18.2 Å². The van der Waals surface area contributed by atoms with Crippen LogP contribution in [-0.4, -0.2) is 21.8 Å². The molecule has 202 valence electrons. The molecule has 0 aliphatic heterocycles. The molecule has 0 bridgehead atoms. The van der Waals surface area contributed by atoms with Crippen molar-refractivity contribution in [2.45, 2.75) is 97.2 Å². The van der Waals surface area contributed by atoms with Crippen molar-refractivity contribution in [3.05, 3.63) is 82.3 Å². The van der Waals surface area contributed by atoms with Gasteiger partial charge in [-0.25, -0.2) is 9.37 Å². The van der Waals surface area contributed by atoms with Crippen molar-refractivity contribution in [3.63, 3.8) is 0 Å². The van der Waals surface area contributed by atoms with Crippen LogP contribution in [0.5, 0.6) is 5.88 Å². The third kappa shape index (κ3) is 5.96. The van der Waals surface area contributed by atoms with Crippen LogP contribution in [0, 0.1) is 31.5 Å². The number of pyridine rings is 1. The molecule has 3 aromatic rings. The van der Waals surface area contributed by atoms with Gasteiger partial charge >= 0.3 is 0 Å². The lowest BCUT2D eigenvalue weighted by Gasteiger charge is -2.35. The number of nitrogens with zero attached hydrogens (tertiary/aromatic N) is 1. The Hall–Kier alpha value is -2.72. The number of aromatic nitrogens is 1. The second-order valence-electron chi connectivity index (χ2n) is 12.2. The average molecular weight is 516 g/mol. The molecule has 2 unspecified atom stereocenters. The lowest BCUT2D eigenvalue weighted by molar-refractivity contribution is -0.0156. The summed E-state index contributed by atoms with van der Waals surface area (Å²) >= 11 is 0. The maximum Gasteiger partial charge on any atom is 0.213 e. The molecule has 1 aromatic heterocycles. The van der Waals surface area contributed by atoms with Crippen LogP contribution in [-0.2, 0) is 12.8 Å². The molecule has 2 saturated carbocycles. The molecule has 3 nitrogen and oxygen atoms in total. The minimum absolute atomic E-state index is 0.152. The zero-order valence-corrected chi connectivity index (χ0v) is 23.6. The summed E-state index contributed by atoms with van der Waals surface area (Å²) in [6.07, 6.45) is 7.47. The van der Waals surface area contributed by atoms with E-state index in [-0.39, 0.29) is 11.9 Å². The molecule has 1 N–H and O–H groups in total. The van der Waals surface area contributed by atoms with Crippen LogP contribution < -0.4 is 4.74 Å². The van der Waals surface area contributed by atoms with E-state index in [4.69, 9.17) is 4.74 Å². The van der Waals surface area contributed by atoms with Crippen molar-refractivity contribution in [2.24, 2.45) is 11.8 Å². The second-order valence-corrected chi connectivity index (χ2v) is 12.2. The number of fused-ring (bicyclic) bond motifs is 3. The van der Waals surface area contributed by atoms with Gasteiger partial charge in [0.15, 0.2) is 0 Å². The van der Waals surface area contributed by atoms with E-state index < -0.39 is 5.60 Å². The molecule has 2 fully saturated rings. The lowest BCUT2D eigenvalue weighted by atomic mass is 9.78. The van der Waals surface area contributed by atoms with Crippen molar-refractivity contribution < 1.29 is 14.2 Å². The topological polar surface area (TPSA) is 42.4 Å². The highest BCUT2D eigenvalue weighted by Gasteiger charge is 2.44. The van der Waals surface area contributed by atoms with Gasteiger partial charge in [-0.15, -0.1) is 0 Å². The standard InChI is InChI=1S/C23H30FNO2.C11H12/c1-5-16-14-17(6-12-21(16)24)20-11-13-22(25-15(20)2)27-19-9-7-18(8-10-19)23(3,4)26;1-7-2-3-10-8(4-7)5-9-6-11(9)10/h6,11-14,18-19,26H,5,7-10H2,1-4H3;2-4,9,11H,5-6H2,1H3. The molecular formula is C34H42FNO2. The number of halogens is 1. The zero-order valence-electron chi connectivity index (χ0n) is 23.6. The summed E-state index contributed by atoms with van der Waals surface area (Å²) in [4.78, 5) is 4.62. The summed E-state index contributed by atoms with van der Waals surface area (Å²) < 4.78 is 19.9. The first-order valence-electron chi connectivity index (χ1n) is 14.4. The molecule has 0 saturated heterocycles. The van der Waals surface area contributed by atoms with Crippen molar-refractivity contribution in [2.75, 3.05) is 0 Å². The van der Waals surface area contributed by atoms with E-state index in [0.717, 1.165) is 59.9 Å². The van der Waals surface area contributed by atoms with Gasteiger partial charge in [-0.1, -0.05) is 36.8 Å². The number of aliphatic hydroxyl groups is 1. The molecule has 0 radical (unpaired) electrons. The maximum absolute atomic E-state index is 13.8. The Morgan fingerprint density at radius 2 is 1.76 bits per heavy atom. The summed E-state index contributed by atoms with van der Waals surface area (Å²) in [5.41, 5.74) is 7.67. The minimum Gasteiger partial charge on any atom is -0.474 e. The quantitative estimate of drug-likeness (QED) is 0.373. The fourth-order valence-electron chi connectivity index (χ4n) is 6.39. The minimum atomic E-state index is -0.617.